The maximum absolute atomic E-state index is 12.5. The zero-order valence-corrected chi connectivity index (χ0v) is 20.4. The number of H-pyrrole nitrogens is 2. The van der Waals surface area contributed by atoms with E-state index >= 15 is 0 Å². The first-order valence-corrected chi connectivity index (χ1v) is 11.7. The number of carbonyl (C=O) groups excluding carboxylic acids is 1. The molecule has 1 aliphatic heterocycles. The Labute approximate surface area is 200 Å². The fourth-order valence-electron chi connectivity index (χ4n) is 4.01. The van der Waals surface area contributed by atoms with Gasteiger partial charge in [0.2, 0.25) is 0 Å². The van der Waals surface area contributed by atoms with Crippen molar-refractivity contribution in [1.82, 2.24) is 30.4 Å². The number of pyridine rings is 1. The van der Waals surface area contributed by atoms with Crippen molar-refractivity contribution in [3.8, 4) is 0 Å². The van der Waals surface area contributed by atoms with Gasteiger partial charge in [-0.25, -0.2) is 9.78 Å². The number of benzene rings is 1. The predicted molar refractivity (Wildman–Crippen MR) is 136 cm³/mol. The highest BCUT2D eigenvalue weighted by Crippen LogP contribution is 2.35. The summed E-state index contributed by atoms with van der Waals surface area (Å²) in [5.74, 6) is 0. The maximum Gasteiger partial charge on any atom is 0.318 e. The minimum atomic E-state index is -0.247. The van der Waals surface area contributed by atoms with Crippen LogP contribution in [0.5, 0.6) is 0 Å². The van der Waals surface area contributed by atoms with Crippen LogP contribution in [0.25, 0.3) is 27.5 Å². The molecule has 1 aromatic carbocycles. The van der Waals surface area contributed by atoms with Gasteiger partial charge in [-0.3, -0.25) is 5.10 Å². The van der Waals surface area contributed by atoms with Crippen LogP contribution < -0.4 is 10.6 Å². The molecular formula is C24H26BrN7O. The van der Waals surface area contributed by atoms with Crippen LogP contribution in [0.2, 0.25) is 0 Å². The van der Waals surface area contributed by atoms with Crippen LogP contribution in [-0.2, 0) is 0 Å². The Balaban J connectivity index is 1.40. The van der Waals surface area contributed by atoms with Gasteiger partial charge >= 0.3 is 6.03 Å². The first kappa shape index (κ1) is 21.5. The Morgan fingerprint density at radius 1 is 1.21 bits per heavy atom. The van der Waals surface area contributed by atoms with Gasteiger partial charge in [-0.2, -0.15) is 5.10 Å². The number of fused-ring (bicyclic) bond motifs is 2. The number of carbonyl (C=O) groups is 1. The molecule has 0 fully saturated rings. The molecule has 5 rings (SSSR count). The molecule has 0 atom stereocenters. The minimum Gasteiger partial charge on any atom is -0.354 e. The summed E-state index contributed by atoms with van der Waals surface area (Å²) in [5, 5.41) is 15.7. The van der Waals surface area contributed by atoms with E-state index in [0.717, 1.165) is 49.9 Å². The Kier molecular flexibility index (Phi) is 5.36. The highest BCUT2D eigenvalue weighted by Gasteiger charge is 2.23. The van der Waals surface area contributed by atoms with Crippen LogP contribution in [0.15, 0.2) is 47.2 Å². The SMILES string of the molecule is CC(C)(C)NC(=O)N1CC=C(c2cc3c(Nc4ccc5[nH]ncc5c4)c(Br)cnc3[nH]2)CC1. The van der Waals surface area contributed by atoms with E-state index in [1.54, 1.807) is 6.20 Å². The number of hydrogen-bond acceptors (Lipinski definition) is 4. The van der Waals surface area contributed by atoms with Gasteiger partial charge in [-0.15, -0.1) is 0 Å². The summed E-state index contributed by atoms with van der Waals surface area (Å²) in [5.41, 5.74) is 5.70. The van der Waals surface area contributed by atoms with E-state index in [1.165, 1.54) is 5.57 Å². The molecule has 0 bridgehead atoms. The second-order valence-electron chi connectivity index (χ2n) is 9.33. The van der Waals surface area contributed by atoms with E-state index in [1.807, 2.05) is 44.0 Å². The number of rotatable bonds is 3. The molecule has 33 heavy (non-hydrogen) atoms. The van der Waals surface area contributed by atoms with Gasteiger partial charge < -0.3 is 20.5 Å². The Morgan fingerprint density at radius 2 is 2.06 bits per heavy atom. The number of aromatic amines is 2. The van der Waals surface area contributed by atoms with Crippen molar-refractivity contribution in [2.24, 2.45) is 0 Å². The molecule has 2 amide bonds. The van der Waals surface area contributed by atoms with E-state index in [9.17, 15) is 4.79 Å². The van der Waals surface area contributed by atoms with E-state index in [0.29, 0.717) is 13.1 Å². The molecule has 0 saturated carbocycles. The fourth-order valence-corrected chi connectivity index (χ4v) is 4.43. The van der Waals surface area contributed by atoms with Crippen LogP contribution in [0.1, 0.15) is 32.9 Å². The highest BCUT2D eigenvalue weighted by molar-refractivity contribution is 9.10. The van der Waals surface area contributed by atoms with Crippen LogP contribution in [-0.4, -0.2) is 49.7 Å². The molecule has 4 N–H and O–H groups in total. The Morgan fingerprint density at radius 3 is 2.82 bits per heavy atom. The lowest BCUT2D eigenvalue weighted by atomic mass is 10.0. The standard InChI is InChI=1S/C24H26BrN7O/c1-24(2,3)30-23(33)32-8-6-14(7-9-32)20-11-17-21(18(25)13-26-22(17)29-20)28-16-4-5-19-15(10-16)12-27-31-19/h4-6,10-13H,7-9H2,1-3H3,(H,27,31)(H,30,33)(H2,26,28,29). The van der Waals surface area contributed by atoms with E-state index in [2.05, 4.69) is 64.9 Å². The molecule has 0 radical (unpaired) electrons. The number of anilines is 2. The summed E-state index contributed by atoms with van der Waals surface area (Å²) in [6.07, 6.45) is 6.51. The lowest BCUT2D eigenvalue weighted by molar-refractivity contribution is 0.193. The minimum absolute atomic E-state index is 0.0267. The summed E-state index contributed by atoms with van der Waals surface area (Å²) in [6.45, 7) is 7.23. The van der Waals surface area contributed by atoms with Crippen molar-refractivity contribution < 1.29 is 4.79 Å². The number of nitrogens with one attached hydrogen (secondary N) is 4. The first-order valence-electron chi connectivity index (χ1n) is 10.9. The van der Waals surface area contributed by atoms with Crippen molar-refractivity contribution in [2.45, 2.75) is 32.7 Å². The molecular weight excluding hydrogens is 482 g/mol. The van der Waals surface area contributed by atoms with Gasteiger partial charge in [0.1, 0.15) is 5.65 Å². The number of halogens is 1. The molecule has 4 heterocycles. The number of nitrogens with zero attached hydrogens (tertiary/aromatic N) is 3. The third kappa shape index (κ3) is 4.45. The van der Waals surface area contributed by atoms with Crippen LogP contribution in [0.3, 0.4) is 0 Å². The lowest BCUT2D eigenvalue weighted by Crippen LogP contribution is -2.49. The predicted octanol–water partition coefficient (Wildman–Crippen LogP) is 5.54. The van der Waals surface area contributed by atoms with Crippen LogP contribution in [0, 0.1) is 0 Å². The molecule has 0 unspecified atom stereocenters. The third-order valence-electron chi connectivity index (χ3n) is 5.65. The normalized spacial score (nSPS) is 14.5. The summed E-state index contributed by atoms with van der Waals surface area (Å²) in [4.78, 5) is 22.3. The van der Waals surface area contributed by atoms with Crippen molar-refractivity contribution in [2.75, 3.05) is 18.4 Å². The summed E-state index contributed by atoms with van der Waals surface area (Å²) in [6, 6.07) is 8.19. The zero-order chi connectivity index (χ0) is 23.2. The zero-order valence-electron chi connectivity index (χ0n) is 18.8. The second-order valence-corrected chi connectivity index (χ2v) is 10.2. The van der Waals surface area contributed by atoms with Crippen LogP contribution in [0.4, 0.5) is 16.2 Å². The Hall–Kier alpha value is -3.33. The first-order chi connectivity index (χ1) is 15.8. The van der Waals surface area contributed by atoms with E-state index in [4.69, 9.17) is 0 Å². The van der Waals surface area contributed by atoms with Gasteiger partial charge in [0.25, 0.3) is 0 Å². The highest BCUT2D eigenvalue weighted by atomic mass is 79.9. The Bertz CT molecular complexity index is 1380. The smallest absolute Gasteiger partial charge is 0.318 e. The van der Waals surface area contributed by atoms with Gasteiger partial charge in [0.05, 0.1) is 21.9 Å². The topological polar surface area (TPSA) is 102 Å². The molecule has 3 aromatic heterocycles. The van der Waals surface area contributed by atoms with Crippen molar-refractivity contribution in [1.29, 1.82) is 0 Å². The monoisotopic (exact) mass is 507 g/mol. The van der Waals surface area contributed by atoms with Crippen molar-refractivity contribution in [3.05, 3.63) is 52.9 Å². The maximum atomic E-state index is 12.5. The summed E-state index contributed by atoms with van der Waals surface area (Å²) < 4.78 is 0.885. The summed E-state index contributed by atoms with van der Waals surface area (Å²) >= 11 is 3.65. The molecule has 0 aliphatic carbocycles. The third-order valence-corrected chi connectivity index (χ3v) is 6.25. The quantitative estimate of drug-likeness (QED) is 0.292. The van der Waals surface area contributed by atoms with Gasteiger partial charge in [-0.1, -0.05) is 6.08 Å². The number of aromatic nitrogens is 4. The number of hydrogen-bond donors (Lipinski definition) is 4. The van der Waals surface area contributed by atoms with Gasteiger partial charge in [-0.05, 0) is 73.0 Å². The van der Waals surface area contributed by atoms with Crippen molar-refractivity contribution in [3.63, 3.8) is 0 Å². The summed E-state index contributed by atoms with van der Waals surface area (Å²) in [7, 11) is 0. The van der Waals surface area contributed by atoms with Crippen molar-refractivity contribution >= 4 is 60.8 Å². The lowest BCUT2D eigenvalue weighted by Gasteiger charge is -2.30. The van der Waals surface area contributed by atoms with Gasteiger partial charge in [0, 0.05) is 47.0 Å². The average molecular weight is 508 g/mol. The molecule has 1 aliphatic rings. The second kappa shape index (κ2) is 8.22. The molecule has 8 nitrogen and oxygen atoms in total. The molecule has 9 heteroatoms. The van der Waals surface area contributed by atoms with Crippen LogP contribution >= 0.6 is 15.9 Å². The molecule has 170 valence electrons. The molecule has 0 spiro atoms. The number of amides is 2. The molecule has 4 aromatic rings. The average Bonchev–Trinajstić information content (AvgIpc) is 3.41. The fraction of sp³-hybridized carbons (Fsp3) is 0.292. The van der Waals surface area contributed by atoms with E-state index < -0.39 is 0 Å². The van der Waals surface area contributed by atoms with Gasteiger partial charge in [0.15, 0.2) is 0 Å². The number of urea groups is 1. The van der Waals surface area contributed by atoms with E-state index in [-0.39, 0.29) is 11.6 Å². The molecule has 0 saturated heterocycles. The largest absolute Gasteiger partial charge is 0.354 e.